The zero-order chi connectivity index (χ0) is 11.8. The number of carbonyl (C=O) groups is 1. The molecule has 0 unspecified atom stereocenters. The van der Waals surface area contributed by atoms with Gasteiger partial charge in [-0.15, -0.1) is 11.3 Å². The number of amides is 1. The van der Waals surface area contributed by atoms with E-state index in [1.165, 1.54) is 0 Å². The molecule has 15 heavy (non-hydrogen) atoms. The maximum Gasteiger partial charge on any atom is 0.260 e. The fourth-order valence-corrected chi connectivity index (χ4v) is 3.11. The first-order chi connectivity index (χ1) is 6.79. The Balaban J connectivity index is 3.65. The minimum atomic E-state index is -3.57. The Morgan fingerprint density at radius 1 is 1.53 bits per heavy atom. The predicted octanol–water partition coefficient (Wildman–Crippen LogP) is -0.296. The largest absolute Gasteiger partial charge is 0.396 e. The number of rotatable bonds is 2. The molecule has 0 fully saturated rings. The second-order valence-electron chi connectivity index (χ2n) is 2.76. The summed E-state index contributed by atoms with van der Waals surface area (Å²) in [6, 6.07) is 1.64. The third-order valence-electron chi connectivity index (χ3n) is 1.59. The number of nitrogens with two attached hydrogens (primary N) is 2. The van der Waals surface area contributed by atoms with Crippen molar-refractivity contribution in [3.05, 3.63) is 10.4 Å². The Morgan fingerprint density at radius 2 is 2.07 bits per heavy atom. The summed E-state index contributed by atoms with van der Waals surface area (Å²) in [5.74, 6) is -0.844. The van der Waals surface area contributed by atoms with Crippen molar-refractivity contribution in [3.63, 3.8) is 0 Å². The molecule has 1 rings (SSSR count). The van der Waals surface area contributed by atoms with Gasteiger partial charge in [0.1, 0.15) is 20.7 Å². The van der Waals surface area contributed by atoms with E-state index in [1.54, 1.807) is 6.07 Å². The minimum absolute atomic E-state index is 0.105. The van der Waals surface area contributed by atoms with Gasteiger partial charge in [0.25, 0.3) is 5.91 Å². The fraction of sp³-hybridized carbons (Fsp3) is 0.143. The molecule has 0 atom stereocenters. The third-order valence-corrected chi connectivity index (χ3v) is 4.64. The monoisotopic (exact) mass is 245 g/mol. The van der Waals surface area contributed by atoms with E-state index in [9.17, 15) is 13.2 Å². The van der Waals surface area contributed by atoms with Crippen LogP contribution in [0.3, 0.4) is 0 Å². The quantitative estimate of drug-likeness (QED) is 0.739. The highest BCUT2D eigenvalue weighted by atomic mass is 32.2. The zero-order valence-corrected chi connectivity index (χ0v) is 9.28. The Bertz CT molecular complexity index is 565. The summed E-state index contributed by atoms with van der Waals surface area (Å²) in [6.45, 7) is 0. The summed E-state index contributed by atoms with van der Waals surface area (Å²) in [7, 11) is -3.57. The molecule has 0 aromatic carbocycles. The highest BCUT2D eigenvalue weighted by Gasteiger charge is 2.24. The number of primary amides is 1. The molecule has 80 valence electrons. The smallest absolute Gasteiger partial charge is 0.260 e. The molecule has 1 heterocycles. The van der Waals surface area contributed by atoms with Crippen LogP contribution < -0.4 is 11.5 Å². The molecule has 0 aliphatic carbocycles. The van der Waals surface area contributed by atoms with Crippen LogP contribution in [0.25, 0.3) is 0 Å². The lowest BCUT2D eigenvalue weighted by atomic mass is 10.3. The summed E-state index contributed by atoms with van der Waals surface area (Å²) < 4.78 is 22.3. The first-order valence-electron chi connectivity index (χ1n) is 3.61. The first kappa shape index (κ1) is 11.5. The number of nitriles is 1. The van der Waals surface area contributed by atoms with Crippen LogP contribution in [0.4, 0.5) is 5.69 Å². The van der Waals surface area contributed by atoms with Gasteiger partial charge >= 0.3 is 0 Å². The predicted molar refractivity (Wildman–Crippen MR) is 55.1 cm³/mol. The van der Waals surface area contributed by atoms with Gasteiger partial charge in [0, 0.05) is 6.26 Å². The van der Waals surface area contributed by atoms with Crippen molar-refractivity contribution < 1.29 is 13.2 Å². The van der Waals surface area contributed by atoms with Gasteiger partial charge < -0.3 is 11.5 Å². The molecular weight excluding hydrogens is 238 g/mol. The second kappa shape index (κ2) is 3.52. The summed E-state index contributed by atoms with van der Waals surface area (Å²) in [5, 5.41) is 8.72. The second-order valence-corrected chi connectivity index (χ2v) is 5.99. The van der Waals surface area contributed by atoms with E-state index in [4.69, 9.17) is 16.7 Å². The van der Waals surface area contributed by atoms with Crippen LogP contribution in [0.2, 0.25) is 0 Å². The molecule has 0 aliphatic heterocycles. The molecule has 1 amide bonds. The topological polar surface area (TPSA) is 127 Å². The molecule has 6 nitrogen and oxygen atoms in total. The highest BCUT2D eigenvalue weighted by molar-refractivity contribution is 7.92. The van der Waals surface area contributed by atoms with E-state index in [0.29, 0.717) is 11.3 Å². The maximum atomic E-state index is 11.3. The third kappa shape index (κ3) is 1.93. The molecule has 8 heteroatoms. The Labute approximate surface area is 90.0 Å². The van der Waals surface area contributed by atoms with E-state index in [1.807, 2.05) is 0 Å². The van der Waals surface area contributed by atoms with Crippen LogP contribution in [0.15, 0.2) is 4.21 Å². The number of nitrogen functional groups attached to an aromatic ring is 1. The normalized spacial score (nSPS) is 10.9. The van der Waals surface area contributed by atoms with Gasteiger partial charge in [-0.2, -0.15) is 5.26 Å². The Morgan fingerprint density at radius 3 is 2.33 bits per heavy atom. The first-order valence-corrected chi connectivity index (χ1v) is 6.32. The van der Waals surface area contributed by atoms with Crippen molar-refractivity contribution in [2.45, 2.75) is 4.21 Å². The Hall–Kier alpha value is -1.59. The van der Waals surface area contributed by atoms with Crippen LogP contribution in [-0.2, 0) is 9.84 Å². The Kier molecular flexibility index (Phi) is 2.70. The molecule has 1 aromatic heterocycles. The summed E-state index contributed by atoms with van der Waals surface area (Å²) in [5.41, 5.74) is 10.0. The lowest BCUT2D eigenvalue weighted by molar-refractivity contribution is 0.100. The van der Waals surface area contributed by atoms with Crippen LogP contribution in [0.1, 0.15) is 15.2 Å². The van der Waals surface area contributed by atoms with Gasteiger partial charge in [0.15, 0.2) is 9.84 Å². The number of hydrogen-bond donors (Lipinski definition) is 2. The molecule has 0 spiro atoms. The lowest BCUT2D eigenvalue weighted by Gasteiger charge is -1.92. The SMILES string of the molecule is CS(=O)(=O)c1sc(C(N)=O)c(N)c1C#N. The zero-order valence-electron chi connectivity index (χ0n) is 7.64. The maximum absolute atomic E-state index is 11.3. The summed E-state index contributed by atoms with van der Waals surface area (Å²) in [4.78, 5) is 10.8. The van der Waals surface area contributed by atoms with E-state index < -0.39 is 15.7 Å². The lowest BCUT2D eigenvalue weighted by Crippen LogP contribution is -2.10. The van der Waals surface area contributed by atoms with Crippen LogP contribution in [0.5, 0.6) is 0 Å². The molecule has 0 saturated carbocycles. The molecule has 0 bridgehead atoms. The van der Waals surface area contributed by atoms with Gasteiger partial charge in [-0.25, -0.2) is 8.42 Å². The van der Waals surface area contributed by atoms with Gasteiger partial charge in [-0.05, 0) is 0 Å². The van der Waals surface area contributed by atoms with Crippen LogP contribution >= 0.6 is 11.3 Å². The van der Waals surface area contributed by atoms with Crippen molar-refractivity contribution in [2.75, 3.05) is 12.0 Å². The van der Waals surface area contributed by atoms with Crippen molar-refractivity contribution >= 4 is 32.8 Å². The number of thiophene rings is 1. The molecule has 0 aliphatic rings. The summed E-state index contributed by atoms with van der Waals surface area (Å²) in [6.07, 6.45) is 0.934. The number of sulfone groups is 1. The van der Waals surface area contributed by atoms with Crippen molar-refractivity contribution in [3.8, 4) is 6.07 Å². The van der Waals surface area contributed by atoms with Gasteiger partial charge in [0.05, 0.1) is 5.69 Å². The number of carbonyl (C=O) groups excluding carboxylic acids is 1. The van der Waals surface area contributed by atoms with E-state index in [2.05, 4.69) is 0 Å². The minimum Gasteiger partial charge on any atom is -0.396 e. The number of nitrogens with zero attached hydrogens (tertiary/aromatic N) is 1. The summed E-state index contributed by atoms with van der Waals surface area (Å²) >= 11 is 0.616. The van der Waals surface area contributed by atoms with Crippen LogP contribution in [-0.4, -0.2) is 20.6 Å². The van der Waals surface area contributed by atoms with Gasteiger partial charge in [-0.1, -0.05) is 0 Å². The molecule has 1 aromatic rings. The van der Waals surface area contributed by atoms with Gasteiger partial charge in [-0.3, -0.25) is 4.79 Å². The number of hydrogen-bond acceptors (Lipinski definition) is 6. The van der Waals surface area contributed by atoms with E-state index in [0.717, 1.165) is 6.26 Å². The molecule has 0 radical (unpaired) electrons. The van der Waals surface area contributed by atoms with Gasteiger partial charge in [0.2, 0.25) is 0 Å². The molecular formula is C7H7N3O3S2. The standard InChI is InChI=1S/C7H7N3O3S2/c1-15(12,13)7-3(2-8)4(9)5(14-7)6(10)11/h9H2,1H3,(H2,10,11). The van der Waals surface area contributed by atoms with Crippen molar-refractivity contribution in [1.29, 1.82) is 5.26 Å². The van der Waals surface area contributed by atoms with Crippen LogP contribution in [0, 0.1) is 11.3 Å². The van der Waals surface area contributed by atoms with E-state index >= 15 is 0 Å². The fourth-order valence-electron chi connectivity index (χ4n) is 0.972. The van der Waals surface area contributed by atoms with Crippen molar-refractivity contribution in [2.24, 2.45) is 5.73 Å². The number of anilines is 1. The highest BCUT2D eigenvalue weighted by Crippen LogP contribution is 2.33. The average molecular weight is 245 g/mol. The molecule has 0 saturated heterocycles. The van der Waals surface area contributed by atoms with Crippen molar-refractivity contribution in [1.82, 2.24) is 0 Å². The molecule has 4 N–H and O–H groups in total. The van der Waals surface area contributed by atoms with E-state index in [-0.39, 0.29) is 20.3 Å². The average Bonchev–Trinajstić information content (AvgIpc) is 2.41.